The highest BCUT2D eigenvalue weighted by Crippen LogP contribution is 2.41. The third kappa shape index (κ3) is 3.72. The molecule has 0 radical (unpaired) electrons. The molecule has 0 saturated carbocycles. The fourth-order valence-corrected chi connectivity index (χ4v) is 2.40. The molecule has 0 aliphatic carbocycles. The van der Waals surface area contributed by atoms with Crippen LogP contribution >= 0.6 is 0 Å². The van der Waals surface area contributed by atoms with Crippen LogP contribution in [-0.2, 0) is 14.3 Å². The van der Waals surface area contributed by atoms with Crippen molar-refractivity contribution >= 4 is 11.9 Å². The molecule has 114 valence electrons. The van der Waals surface area contributed by atoms with E-state index in [1.165, 1.54) is 0 Å². The van der Waals surface area contributed by atoms with Crippen LogP contribution < -0.4 is 0 Å². The highest BCUT2D eigenvalue weighted by atomic mass is 16.5. The van der Waals surface area contributed by atoms with E-state index in [9.17, 15) is 20.0 Å². The maximum atomic E-state index is 12.4. The van der Waals surface area contributed by atoms with Gasteiger partial charge in [-0.2, -0.15) is 5.26 Å². The Kier molecular flexibility index (Phi) is 7.26. The molecular formula is C15H25NO4. The summed E-state index contributed by atoms with van der Waals surface area (Å²) in [6.45, 7) is 8.95. The molecule has 5 heteroatoms. The van der Waals surface area contributed by atoms with Crippen molar-refractivity contribution in [2.24, 2.45) is 23.2 Å². The molecule has 20 heavy (non-hydrogen) atoms. The molecule has 1 N–H and O–H groups in total. The van der Waals surface area contributed by atoms with Gasteiger partial charge in [0.25, 0.3) is 0 Å². The Bertz CT molecular complexity index is 384. The van der Waals surface area contributed by atoms with E-state index >= 15 is 0 Å². The van der Waals surface area contributed by atoms with Crippen molar-refractivity contribution in [3.63, 3.8) is 0 Å². The van der Waals surface area contributed by atoms with E-state index in [1.807, 2.05) is 13.0 Å². The Labute approximate surface area is 120 Å². The molecule has 0 spiro atoms. The Morgan fingerprint density at radius 3 is 2.15 bits per heavy atom. The molecule has 0 aliphatic rings. The van der Waals surface area contributed by atoms with Crippen LogP contribution in [0, 0.1) is 34.5 Å². The van der Waals surface area contributed by atoms with Crippen LogP contribution in [0.2, 0.25) is 0 Å². The first-order valence-electron chi connectivity index (χ1n) is 7.06. The number of aliphatic carboxylic acids is 1. The van der Waals surface area contributed by atoms with Gasteiger partial charge in [0.2, 0.25) is 0 Å². The van der Waals surface area contributed by atoms with Gasteiger partial charge in [0, 0.05) is 0 Å². The average Bonchev–Trinajstić information content (AvgIpc) is 2.34. The maximum Gasteiger partial charge on any atom is 0.327 e. The zero-order valence-corrected chi connectivity index (χ0v) is 13.0. The van der Waals surface area contributed by atoms with Crippen LogP contribution in [-0.4, -0.2) is 23.7 Å². The number of carboxylic acids is 1. The first-order chi connectivity index (χ1) is 9.25. The summed E-state index contributed by atoms with van der Waals surface area (Å²) >= 11 is 0. The summed E-state index contributed by atoms with van der Waals surface area (Å²) in [6, 6.07) is 1.95. The van der Waals surface area contributed by atoms with E-state index in [-0.39, 0.29) is 12.5 Å². The van der Waals surface area contributed by atoms with Crippen LogP contribution in [0.3, 0.4) is 0 Å². The number of ether oxygens (including phenoxy) is 1. The monoisotopic (exact) mass is 283 g/mol. The van der Waals surface area contributed by atoms with Gasteiger partial charge in [-0.1, -0.05) is 41.0 Å². The van der Waals surface area contributed by atoms with Crippen molar-refractivity contribution in [3.8, 4) is 6.07 Å². The Balaban J connectivity index is 5.55. The minimum absolute atomic E-state index is 0.218. The third-order valence-corrected chi connectivity index (χ3v) is 3.59. The normalized spacial score (nSPS) is 15.5. The fourth-order valence-electron chi connectivity index (χ4n) is 2.40. The number of hydrogen-bond donors (Lipinski definition) is 1. The molecule has 2 atom stereocenters. The van der Waals surface area contributed by atoms with Gasteiger partial charge < -0.3 is 9.84 Å². The number of esters is 1. The number of nitrogens with zero attached hydrogens (tertiary/aromatic N) is 1. The van der Waals surface area contributed by atoms with Crippen molar-refractivity contribution in [2.75, 3.05) is 6.61 Å². The first kappa shape index (κ1) is 18.4. The molecule has 0 amide bonds. The lowest BCUT2D eigenvalue weighted by atomic mass is 9.64. The molecule has 0 aromatic rings. The van der Waals surface area contributed by atoms with Crippen molar-refractivity contribution in [2.45, 2.75) is 47.5 Å². The van der Waals surface area contributed by atoms with E-state index in [2.05, 4.69) is 0 Å². The summed E-state index contributed by atoms with van der Waals surface area (Å²) in [4.78, 5) is 23.9. The van der Waals surface area contributed by atoms with Gasteiger partial charge in [0.05, 0.1) is 18.6 Å². The second-order valence-corrected chi connectivity index (χ2v) is 5.68. The van der Waals surface area contributed by atoms with Gasteiger partial charge in [-0.3, -0.25) is 9.59 Å². The van der Waals surface area contributed by atoms with Gasteiger partial charge in [0.1, 0.15) is 0 Å². The van der Waals surface area contributed by atoms with Crippen molar-refractivity contribution in [1.29, 1.82) is 5.26 Å². The largest absolute Gasteiger partial charge is 0.481 e. The molecule has 0 saturated heterocycles. The van der Waals surface area contributed by atoms with Crippen molar-refractivity contribution < 1.29 is 19.4 Å². The van der Waals surface area contributed by atoms with Crippen LogP contribution in [0.15, 0.2) is 0 Å². The van der Waals surface area contributed by atoms with Crippen LogP contribution in [0.1, 0.15) is 47.5 Å². The molecule has 0 fully saturated rings. The smallest absolute Gasteiger partial charge is 0.327 e. The summed E-state index contributed by atoms with van der Waals surface area (Å²) in [6.07, 6.45) is 1.56. The minimum Gasteiger partial charge on any atom is -0.481 e. The maximum absolute atomic E-state index is 12.4. The zero-order chi connectivity index (χ0) is 15.9. The number of rotatable bonds is 8. The Hall–Kier alpha value is -1.57. The molecule has 0 heterocycles. The fraction of sp³-hybridized carbons (Fsp3) is 0.800. The van der Waals surface area contributed by atoms with Gasteiger partial charge in [0.15, 0.2) is 5.41 Å². The SMILES string of the molecule is CCCCOC(=O)C(C#N)(C(C)C)C(C(=O)O)C(C)C. The van der Waals surface area contributed by atoms with Gasteiger partial charge in [-0.05, 0) is 18.3 Å². The standard InChI is InChI=1S/C15H25NO4/c1-6-7-8-20-14(19)15(9-16,11(4)5)12(10(2)3)13(17)18/h10-12H,6-8H2,1-5H3,(H,17,18). The second kappa shape index (κ2) is 7.88. The number of unbranched alkanes of at least 4 members (excludes halogenated alkanes) is 1. The average molecular weight is 283 g/mol. The highest BCUT2D eigenvalue weighted by Gasteiger charge is 2.54. The van der Waals surface area contributed by atoms with Crippen molar-refractivity contribution in [3.05, 3.63) is 0 Å². The zero-order valence-electron chi connectivity index (χ0n) is 13.0. The van der Waals surface area contributed by atoms with E-state index < -0.39 is 29.2 Å². The predicted octanol–water partition coefficient (Wildman–Crippen LogP) is 2.85. The lowest BCUT2D eigenvalue weighted by molar-refractivity contribution is -0.168. The number of hydrogen-bond acceptors (Lipinski definition) is 4. The summed E-state index contributed by atoms with van der Waals surface area (Å²) in [5.74, 6) is -3.72. The Morgan fingerprint density at radius 1 is 1.30 bits per heavy atom. The Morgan fingerprint density at radius 2 is 1.85 bits per heavy atom. The molecule has 0 aromatic carbocycles. The van der Waals surface area contributed by atoms with E-state index in [4.69, 9.17) is 4.74 Å². The van der Waals surface area contributed by atoms with Crippen LogP contribution in [0.4, 0.5) is 0 Å². The molecular weight excluding hydrogens is 258 g/mol. The second-order valence-electron chi connectivity index (χ2n) is 5.68. The van der Waals surface area contributed by atoms with Gasteiger partial charge in [-0.25, -0.2) is 0 Å². The molecule has 0 aromatic heterocycles. The number of carbonyl (C=O) groups excluding carboxylic acids is 1. The number of nitriles is 1. The summed E-state index contributed by atoms with van der Waals surface area (Å²) in [5.41, 5.74) is -1.65. The topological polar surface area (TPSA) is 87.4 Å². The molecule has 2 unspecified atom stereocenters. The molecule has 0 aliphatic heterocycles. The molecule has 0 bridgehead atoms. The summed E-state index contributed by atoms with van der Waals surface area (Å²) < 4.78 is 5.16. The van der Waals surface area contributed by atoms with Crippen molar-refractivity contribution in [1.82, 2.24) is 0 Å². The van der Waals surface area contributed by atoms with Crippen LogP contribution in [0.25, 0.3) is 0 Å². The lowest BCUT2D eigenvalue weighted by Crippen LogP contribution is -2.48. The third-order valence-electron chi connectivity index (χ3n) is 3.59. The molecule has 0 rings (SSSR count). The molecule has 5 nitrogen and oxygen atoms in total. The minimum atomic E-state index is -1.65. The highest BCUT2D eigenvalue weighted by molar-refractivity contribution is 5.87. The number of carboxylic acid groups (broad SMARTS) is 1. The summed E-state index contributed by atoms with van der Waals surface area (Å²) in [7, 11) is 0. The van der Waals surface area contributed by atoms with E-state index in [1.54, 1.807) is 27.7 Å². The van der Waals surface area contributed by atoms with Gasteiger partial charge >= 0.3 is 11.9 Å². The number of carbonyl (C=O) groups is 2. The lowest BCUT2D eigenvalue weighted by Gasteiger charge is -2.35. The van der Waals surface area contributed by atoms with Gasteiger partial charge in [-0.15, -0.1) is 0 Å². The van der Waals surface area contributed by atoms with E-state index in [0.29, 0.717) is 6.42 Å². The predicted molar refractivity (Wildman–Crippen MR) is 74.7 cm³/mol. The quantitative estimate of drug-likeness (QED) is 0.546. The first-order valence-corrected chi connectivity index (χ1v) is 7.06. The summed E-state index contributed by atoms with van der Waals surface area (Å²) in [5, 5.41) is 18.9. The van der Waals surface area contributed by atoms with Crippen LogP contribution in [0.5, 0.6) is 0 Å². The van der Waals surface area contributed by atoms with E-state index in [0.717, 1.165) is 6.42 Å².